The summed E-state index contributed by atoms with van der Waals surface area (Å²) in [5, 5.41) is 2.51. The molecule has 1 fully saturated rings. The van der Waals surface area contributed by atoms with Crippen LogP contribution >= 0.6 is 15.9 Å². The summed E-state index contributed by atoms with van der Waals surface area (Å²) in [5.74, 6) is -0.278. The molecule has 1 aromatic carbocycles. The van der Waals surface area contributed by atoms with E-state index in [0.29, 0.717) is 21.5 Å². The van der Waals surface area contributed by atoms with E-state index in [2.05, 4.69) is 27.8 Å². The van der Waals surface area contributed by atoms with E-state index in [1.807, 2.05) is 0 Å². The Morgan fingerprint density at radius 1 is 1.37 bits per heavy atom. The van der Waals surface area contributed by atoms with Crippen molar-refractivity contribution in [2.24, 2.45) is 0 Å². The lowest BCUT2D eigenvalue weighted by Crippen LogP contribution is -2.30. The second-order valence-electron chi connectivity index (χ2n) is 5.32. The minimum Gasteiger partial charge on any atom is -0.493 e. The van der Waals surface area contributed by atoms with E-state index in [-0.39, 0.29) is 25.5 Å². The summed E-state index contributed by atoms with van der Waals surface area (Å²) in [6.07, 6.45) is 2.99. The fourth-order valence-electron chi connectivity index (χ4n) is 2.33. The maximum Gasteiger partial charge on any atom is 0.344 e. The average Bonchev–Trinajstić information content (AvgIpc) is 2.88. The maximum absolute atomic E-state index is 12.3. The van der Waals surface area contributed by atoms with Crippen molar-refractivity contribution < 1.29 is 28.6 Å². The summed E-state index contributed by atoms with van der Waals surface area (Å²) >= 11 is 3.36. The van der Waals surface area contributed by atoms with Crippen molar-refractivity contribution in [1.29, 1.82) is 0 Å². The predicted octanol–water partition coefficient (Wildman–Crippen LogP) is 2.48. The van der Waals surface area contributed by atoms with Crippen LogP contribution in [0.3, 0.4) is 0 Å². The van der Waals surface area contributed by atoms with Gasteiger partial charge in [0.2, 0.25) is 0 Å². The number of hydrogen-bond donors (Lipinski definition) is 1. The molecule has 0 spiro atoms. The zero-order valence-electron chi connectivity index (χ0n) is 14.9. The molecule has 144 valence electrons. The molecule has 0 unspecified atom stereocenters. The summed E-state index contributed by atoms with van der Waals surface area (Å²) in [4.78, 5) is 36.6. The standard InChI is InChI=1S/C18H19BrN2O6/c1-4-6-21-17(23)13(20-18(21)24)8-11-7-12(19)16(14(9-11)25-3)27-10-15(22)26-5-2/h4,7-9H,1,5-6,10H2,2-3H3,(H,20,24)/b13-8+. The fourth-order valence-corrected chi connectivity index (χ4v) is 2.90. The van der Waals surface area contributed by atoms with Gasteiger partial charge in [-0.05, 0) is 46.6 Å². The Bertz CT molecular complexity index is 805. The van der Waals surface area contributed by atoms with Crippen molar-refractivity contribution in [3.05, 3.63) is 40.5 Å². The Balaban J connectivity index is 2.26. The maximum atomic E-state index is 12.3. The van der Waals surface area contributed by atoms with Crippen LogP contribution in [0.2, 0.25) is 0 Å². The monoisotopic (exact) mass is 438 g/mol. The zero-order valence-corrected chi connectivity index (χ0v) is 16.5. The molecule has 8 nitrogen and oxygen atoms in total. The Morgan fingerprint density at radius 3 is 2.74 bits per heavy atom. The van der Waals surface area contributed by atoms with Crippen molar-refractivity contribution in [3.8, 4) is 11.5 Å². The largest absolute Gasteiger partial charge is 0.493 e. The molecule has 0 radical (unpaired) electrons. The number of carbonyl (C=O) groups excluding carboxylic acids is 3. The number of urea groups is 1. The topological polar surface area (TPSA) is 94.2 Å². The molecule has 3 amide bonds. The number of nitrogens with one attached hydrogen (secondary N) is 1. The molecule has 0 bridgehead atoms. The van der Waals surface area contributed by atoms with Crippen LogP contribution in [0.4, 0.5) is 4.79 Å². The fraction of sp³-hybridized carbons (Fsp3) is 0.278. The highest BCUT2D eigenvalue weighted by Crippen LogP contribution is 2.37. The van der Waals surface area contributed by atoms with Gasteiger partial charge in [-0.15, -0.1) is 6.58 Å². The second-order valence-corrected chi connectivity index (χ2v) is 6.17. The molecular weight excluding hydrogens is 420 g/mol. The molecule has 0 atom stereocenters. The number of benzene rings is 1. The van der Waals surface area contributed by atoms with Crippen LogP contribution in [0.5, 0.6) is 11.5 Å². The highest BCUT2D eigenvalue weighted by atomic mass is 79.9. The Labute approximate surface area is 164 Å². The third kappa shape index (κ3) is 4.88. The number of esters is 1. The van der Waals surface area contributed by atoms with Crippen molar-refractivity contribution in [3.63, 3.8) is 0 Å². The highest BCUT2D eigenvalue weighted by Gasteiger charge is 2.32. The Hall–Kier alpha value is -2.81. The molecule has 2 rings (SSSR count). The minimum atomic E-state index is -0.508. The van der Waals surface area contributed by atoms with Gasteiger partial charge in [-0.2, -0.15) is 0 Å². The van der Waals surface area contributed by atoms with E-state index in [4.69, 9.17) is 14.2 Å². The van der Waals surface area contributed by atoms with Gasteiger partial charge in [0, 0.05) is 6.54 Å². The van der Waals surface area contributed by atoms with Crippen LogP contribution < -0.4 is 14.8 Å². The summed E-state index contributed by atoms with van der Waals surface area (Å²) < 4.78 is 16.1. The molecule has 0 saturated carbocycles. The number of nitrogens with zero attached hydrogens (tertiary/aromatic N) is 1. The normalized spacial score (nSPS) is 14.9. The SMILES string of the molecule is C=CCN1C(=O)N/C(=C/c2cc(Br)c(OCC(=O)OCC)c(OC)c2)C1=O. The number of hydrogen-bond acceptors (Lipinski definition) is 6. The highest BCUT2D eigenvalue weighted by molar-refractivity contribution is 9.10. The van der Waals surface area contributed by atoms with Gasteiger partial charge in [0.25, 0.3) is 5.91 Å². The molecule has 27 heavy (non-hydrogen) atoms. The molecule has 1 heterocycles. The van der Waals surface area contributed by atoms with E-state index in [1.54, 1.807) is 19.1 Å². The number of rotatable bonds is 8. The van der Waals surface area contributed by atoms with Gasteiger partial charge in [0.05, 0.1) is 18.2 Å². The molecule has 1 saturated heterocycles. The van der Waals surface area contributed by atoms with Gasteiger partial charge >= 0.3 is 12.0 Å². The van der Waals surface area contributed by atoms with Crippen molar-refractivity contribution in [1.82, 2.24) is 10.2 Å². The smallest absolute Gasteiger partial charge is 0.344 e. The van der Waals surface area contributed by atoms with Crippen LogP contribution in [-0.2, 0) is 14.3 Å². The Morgan fingerprint density at radius 2 is 2.11 bits per heavy atom. The molecule has 0 aromatic heterocycles. The van der Waals surface area contributed by atoms with E-state index in [0.717, 1.165) is 4.90 Å². The van der Waals surface area contributed by atoms with E-state index >= 15 is 0 Å². The first kappa shape index (κ1) is 20.5. The van der Waals surface area contributed by atoms with Crippen LogP contribution in [0.15, 0.2) is 35.0 Å². The number of amides is 3. The Kier molecular flexibility index (Phi) is 7.00. The van der Waals surface area contributed by atoms with Crippen LogP contribution in [-0.4, -0.2) is 49.7 Å². The summed E-state index contributed by atoms with van der Waals surface area (Å²) in [7, 11) is 1.45. The zero-order chi connectivity index (χ0) is 20.0. The number of carbonyl (C=O) groups is 3. The first-order valence-corrected chi connectivity index (χ1v) is 8.81. The van der Waals surface area contributed by atoms with Crippen molar-refractivity contribution in [2.75, 3.05) is 26.9 Å². The quantitative estimate of drug-likeness (QED) is 0.290. The third-order valence-corrected chi connectivity index (χ3v) is 4.07. The van der Waals surface area contributed by atoms with Crippen molar-refractivity contribution in [2.45, 2.75) is 6.92 Å². The molecule has 1 aromatic rings. The van der Waals surface area contributed by atoms with Crippen LogP contribution in [0, 0.1) is 0 Å². The van der Waals surface area contributed by atoms with Gasteiger partial charge in [-0.3, -0.25) is 9.69 Å². The van der Waals surface area contributed by atoms with Gasteiger partial charge in [0.1, 0.15) is 5.70 Å². The van der Waals surface area contributed by atoms with E-state index < -0.39 is 17.9 Å². The number of halogens is 1. The van der Waals surface area contributed by atoms with Crippen LogP contribution in [0.1, 0.15) is 12.5 Å². The number of imide groups is 1. The lowest BCUT2D eigenvalue weighted by molar-refractivity contribution is -0.145. The van der Waals surface area contributed by atoms with Gasteiger partial charge < -0.3 is 19.5 Å². The van der Waals surface area contributed by atoms with Crippen molar-refractivity contribution >= 4 is 39.9 Å². The first-order chi connectivity index (χ1) is 12.9. The third-order valence-electron chi connectivity index (χ3n) is 3.48. The van der Waals surface area contributed by atoms with Gasteiger partial charge in [0.15, 0.2) is 18.1 Å². The van der Waals surface area contributed by atoms with E-state index in [9.17, 15) is 14.4 Å². The lowest BCUT2D eigenvalue weighted by Gasteiger charge is -2.13. The minimum absolute atomic E-state index is 0.121. The summed E-state index contributed by atoms with van der Waals surface area (Å²) in [6.45, 7) is 5.34. The average molecular weight is 439 g/mol. The van der Waals surface area contributed by atoms with Gasteiger partial charge in [-0.25, -0.2) is 9.59 Å². The van der Waals surface area contributed by atoms with E-state index in [1.165, 1.54) is 19.3 Å². The lowest BCUT2D eigenvalue weighted by atomic mass is 10.1. The molecule has 0 aliphatic carbocycles. The number of methoxy groups -OCH3 is 1. The molecule has 1 aliphatic heterocycles. The summed E-state index contributed by atoms with van der Waals surface area (Å²) in [5.41, 5.74) is 0.724. The van der Waals surface area contributed by atoms with Crippen LogP contribution in [0.25, 0.3) is 6.08 Å². The van der Waals surface area contributed by atoms with Gasteiger partial charge in [-0.1, -0.05) is 6.08 Å². The second kappa shape index (κ2) is 9.22. The predicted molar refractivity (Wildman–Crippen MR) is 101 cm³/mol. The molecular formula is C18H19BrN2O6. The molecule has 1 N–H and O–H groups in total. The molecule has 1 aliphatic rings. The first-order valence-electron chi connectivity index (χ1n) is 8.02. The summed E-state index contributed by atoms with van der Waals surface area (Å²) in [6, 6.07) is 2.78. The molecule has 9 heteroatoms. The number of ether oxygens (including phenoxy) is 3.